The normalized spacial score (nSPS) is 10.4. The van der Waals surface area contributed by atoms with E-state index in [-0.39, 0.29) is 0 Å². The molecule has 0 fully saturated rings. The molecule has 0 unspecified atom stereocenters. The molecule has 1 aromatic heterocycles. The highest BCUT2D eigenvalue weighted by molar-refractivity contribution is 7.99. The first-order valence-corrected chi connectivity index (χ1v) is 6.48. The largest absolute Gasteiger partial charge is 0.308 e. The minimum absolute atomic E-state index is 0.678. The number of hydrogen-bond acceptors (Lipinski definition) is 5. The lowest BCUT2D eigenvalue weighted by Gasteiger charge is -2.10. The molecule has 5 heteroatoms. The zero-order valence-electron chi connectivity index (χ0n) is 10.7. The molecule has 94 valence electrons. The summed E-state index contributed by atoms with van der Waals surface area (Å²) in [5.74, 6) is 6.85. The molecule has 0 atom stereocenters. The summed E-state index contributed by atoms with van der Waals surface area (Å²) in [6.45, 7) is 5.91. The van der Waals surface area contributed by atoms with E-state index >= 15 is 0 Å². The fourth-order valence-electron chi connectivity index (χ4n) is 1.63. The number of rotatable bonds is 3. The van der Waals surface area contributed by atoms with Gasteiger partial charge in [0.05, 0.1) is 0 Å². The number of aromatic nitrogens is 2. The Labute approximate surface area is 111 Å². The van der Waals surface area contributed by atoms with Crippen molar-refractivity contribution in [2.45, 2.75) is 30.7 Å². The second-order valence-electron chi connectivity index (χ2n) is 4.11. The molecule has 0 aliphatic carbocycles. The molecule has 0 amide bonds. The predicted octanol–water partition coefficient (Wildman–Crippen LogP) is 2.84. The number of nitrogen functional groups attached to an aromatic ring is 1. The Balaban J connectivity index is 2.37. The van der Waals surface area contributed by atoms with Crippen molar-refractivity contribution in [1.82, 2.24) is 9.97 Å². The van der Waals surface area contributed by atoms with Gasteiger partial charge < -0.3 is 5.43 Å². The first-order valence-electron chi connectivity index (χ1n) is 5.66. The van der Waals surface area contributed by atoms with E-state index in [2.05, 4.69) is 40.5 Å². The second kappa shape index (κ2) is 5.37. The molecule has 1 heterocycles. The third-order valence-electron chi connectivity index (χ3n) is 2.55. The van der Waals surface area contributed by atoms with Gasteiger partial charge >= 0.3 is 0 Å². The van der Waals surface area contributed by atoms with Gasteiger partial charge in [0.25, 0.3) is 0 Å². The van der Waals surface area contributed by atoms with Gasteiger partial charge in [0.1, 0.15) is 16.7 Å². The Morgan fingerprint density at radius 2 is 1.94 bits per heavy atom. The van der Waals surface area contributed by atoms with Crippen LogP contribution < -0.4 is 11.3 Å². The van der Waals surface area contributed by atoms with E-state index in [0.717, 1.165) is 10.6 Å². The summed E-state index contributed by atoms with van der Waals surface area (Å²) >= 11 is 1.63. The number of aryl methyl sites for hydroxylation is 2. The third kappa shape index (κ3) is 2.80. The quantitative estimate of drug-likeness (QED) is 0.505. The van der Waals surface area contributed by atoms with Crippen LogP contribution in [0.25, 0.3) is 0 Å². The summed E-state index contributed by atoms with van der Waals surface area (Å²) in [4.78, 5) is 9.88. The van der Waals surface area contributed by atoms with Crippen molar-refractivity contribution in [1.29, 1.82) is 0 Å². The van der Waals surface area contributed by atoms with E-state index in [1.807, 2.05) is 19.9 Å². The third-order valence-corrected chi connectivity index (χ3v) is 3.63. The number of hydrogen-bond donors (Lipinski definition) is 2. The van der Waals surface area contributed by atoms with Crippen molar-refractivity contribution in [2.75, 3.05) is 5.43 Å². The minimum atomic E-state index is 0.678. The van der Waals surface area contributed by atoms with Gasteiger partial charge in [-0.25, -0.2) is 15.8 Å². The van der Waals surface area contributed by atoms with Crippen LogP contribution in [0, 0.1) is 20.8 Å². The van der Waals surface area contributed by atoms with Crippen molar-refractivity contribution in [3.8, 4) is 0 Å². The lowest BCUT2D eigenvalue weighted by molar-refractivity contribution is 0.935. The van der Waals surface area contributed by atoms with Crippen LogP contribution in [0.4, 0.5) is 5.82 Å². The molecule has 0 radical (unpaired) electrons. The summed E-state index contributed by atoms with van der Waals surface area (Å²) in [5, 5.41) is 0.932. The lowest BCUT2D eigenvalue weighted by atomic mass is 10.2. The number of nitrogens with zero attached hydrogens (tertiary/aromatic N) is 2. The molecule has 4 nitrogen and oxygen atoms in total. The molecule has 0 spiro atoms. The van der Waals surface area contributed by atoms with E-state index in [1.165, 1.54) is 10.5 Å². The topological polar surface area (TPSA) is 63.8 Å². The van der Waals surface area contributed by atoms with E-state index in [1.54, 1.807) is 11.8 Å². The molecule has 2 aromatic rings. The van der Waals surface area contributed by atoms with Crippen LogP contribution in [-0.4, -0.2) is 9.97 Å². The summed E-state index contributed by atoms with van der Waals surface area (Å²) in [6.07, 6.45) is 0. The molecular formula is C13H16N4S. The SMILES string of the molecule is Cc1cccc(Sc2nc(C)nc(NN)c2C)c1. The molecule has 18 heavy (non-hydrogen) atoms. The van der Waals surface area contributed by atoms with E-state index in [9.17, 15) is 0 Å². The van der Waals surface area contributed by atoms with Crippen molar-refractivity contribution >= 4 is 17.6 Å². The van der Waals surface area contributed by atoms with Crippen molar-refractivity contribution in [3.63, 3.8) is 0 Å². The summed E-state index contributed by atoms with van der Waals surface area (Å²) in [7, 11) is 0. The van der Waals surface area contributed by atoms with E-state index < -0.39 is 0 Å². The van der Waals surface area contributed by atoms with Gasteiger partial charge in [0, 0.05) is 10.5 Å². The Bertz CT molecular complexity index is 569. The Morgan fingerprint density at radius 1 is 1.17 bits per heavy atom. The number of nitrogens with two attached hydrogens (primary N) is 1. The van der Waals surface area contributed by atoms with E-state index in [0.29, 0.717) is 11.6 Å². The highest BCUT2D eigenvalue weighted by Crippen LogP contribution is 2.31. The van der Waals surface area contributed by atoms with Gasteiger partial charge in [-0.2, -0.15) is 0 Å². The maximum absolute atomic E-state index is 5.46. The lowest BCUT2D eigenvalue weighted by Crippen LogP contribution is -2.12. The zero-order chi connectivity index (χ0) is 13.1. The number of benzene rings is 1. The fraction of sp³-hybridized carbons (Fsp3) is 0.231. The molecule has 1 aromatic carbocycles. The minimum Gasteiger partial charge on any atom is -0.308 e. The number of hydrazine groups is 1. The highest BCUT2D eigenvalue weighted by Gasteiger charge is 2.09. The number of nitrogens with one attached hydrogen (secondary N) is 1. The van der Waals surface area contributed by atoms with Crippen LogP contribution in [-0.2, 0) is 0 Å². The molecule has 0 aliphatic heterocycles. The van der Waals surface area contributed by atoms with Crippen LogP contribution in [0.5, 0.6) is 0 Å². The zero-order valence-corrected chi connectivity index (χ0v) is 11.5. The summed E-state index contributed by atoms with van der Waals surface area (Å²) in [5.41, 5.74) is 4.81. The monoisotopic (exact) mass is 260 g/mol. The van der Waals surface area contributed by atoms with E-state index in [4.69, 9.17) is 5.84 Å². The van der Waals surface area contributed by atoms with Crippen molar-refractivity contribution in [3.05, 3.63) is 41.2 Å². The molecule has 0 bridgehead atoms. The van der Waals surface area contributed by atoms with Crippen molar-refractivity contribution < 1.29 is 0 Å². The van der Waals surface area contributed by atoms with Gasteiger partial charge in [0.15, 0.2) is 0 Å². The molecule has 0 saturated carbocycles. The predicted molar refractivity (Wildman–Crippen MR) is 74.6 cm³/mol. The Kier molecular flexibility index (Phi) is 3.84. The molecule has 0 saturated heterocycles. The van der Waals surface area contributed by atoms with Crippen LogP contribution in [0.1, 0.15) is 17.0 Å². The smallest absolute Gasteiger partial charge is 0.147 e. The first kappa shape index (κ1) is 12.9. The van der Waals surface area contributed by atoms with Gasteiger partial charge in [0.2, 0.25) is 0 Å². The van der Waals surface area contributed by atoms with Crippen LogP contribution in [0.2, 0.25) is 0 Å². The number of anilines is 1. The van der Waals surface area contributed by atoms with Gasteiger partial charge in [-0.1, -0.05) is 29.5 Å². The standard InChI is InChI=1S/C13H16N4S/c1-8-5-4-6-11(7-8)18-13-9(2)12(17-14)15-10(3)16-13/h4-7H,14H2,1-3H3,(H,15,16,17). The van der Waals surface area contributed by atoms with Crippen LogP contribution in [0.3, 0.4) is 0 Å². The van der Waals surface area contributed by atoms with Crippen LogP contribution in [0.15, 0.2) is 34.2 Å². The van der Waals surface area contributed by atoms with Gasteiger partial charge in [-0.15, -0.1) is 0 Å². The maximum Gasteiger partial charge on any atom is 0.147 e. The summed E-state index contributed by atoms with van der Waals surface area (Å²) in [6, 6.07) is 8.33. The first-order chi connectivity index (χ1) is 8.60. The van der Waals surface area contributed by atoms with Crippen LogP contribution >= 0.6 is 11.8 Å². The average molecular weight is 260 g/mol. The summed E-state index contributed by atoms with van der Waals surface area (Å²) < 4.78 is 0. The van der Waals surface area contributed by atoms with Gasteiger partial charge in [-0.05, 0) is 32.9 Å². The second-order valence-corrected chi connectivity index (χ2v) is 5.17. The average Bonchev–Trinajstić information content (AvgIpc) is 2.33. The Morgan fingerprint density at radius 3 is 2.61 bits per heavy atom. The molecule has 3 N–H and O–H groups in total. The van der Waals surface area contributed by atoms with Crippen molar-refractivity contribution in [2.24, 2.45) is 5.84 Å². The Hall–Kier alpha value is -1.59. The molecular weight excluding hydrogens is 244 g/mol. The molecule has 2 rings (SSSR count). The maximum atomic E-state index is 5.46. The fourth-order valence-corrected chi connectivity index (χ4v) is 2.68. The van der Waals surface area contributed by atoms with Gasteiger partial charge in [-0.3, -0.25) is 0 Å². The molecule has 0 aliphatic rings. The highest BCUT2D eigenvalue weighted by atomic mass is 32.2.